The zero-order chi connectivity index (χ0) is 12.6. The van der Waals surface area contributed by atoms with Crippen molar-refractivity contribution in [1.82, 2.24) is 0 Å². The molecule has 1 fully saturated rings. The average Bonchev–Trinajstić information content (AvgIpc) is 2.92. The third-order valence-corrected chi connectivity index (χ3v) is 5.45. The first-order valence-electron chi connectivity index (χ1n) is 6.24. The van der Waals surface area contributed by atoms with Gasteiger partial charge in [-0.15, -0.1) is 0 Å². The standard InChI is InChI=1S/C14H14ClNOS/c15-11-6-2-1-5-10(11)9-12-16-13(17)14(18-12)7-3-4-8-14/h1-2,5-6H,3-4,7-9H2. The van der Waals surface area contributed by atoms with Crippen molar-refractivity contribution >= 4 is 34.3 Å². The van der Waals surface area contributed by atoms with E-state index in [9.17, 15) is 4.79 Å². The van der Waals surface area contributed by atoms with Crippen LogP contribution in [0.2, 0.25) is 5.02 Å². The van der Waals surface area contributed by atoms with E-state index in [1.165, 1.54) is 0 Å². The Morgan fingerprint density at radius 3 is 2.72 bits per heavy atom. The summed E-state index contributed by atoms with van der Waals surface area (Å²) in [5.41, 5.74) is 1.05. The molecule has 0 unspecified atom stereocenters. The molecule has 0 saturated heterocycles. The van der Waals surface area contributed by atoms with E-state index in [0.29, 0.717) is 6.42 Å². The second kappa shape index (κ2) is 4.71. The van der Waals surface area contributed by atoms with Crippen LogP contribution < -0.4 is 0 Å². The molecule has 18 heavy (non-hydrogen) atoms. The van der Waals surface area contributed by atoms with Crippen LogP contribution in [0.5, 0.6) is 0 Å². The molecule has 1 aromatic carbocycles. The molecule has 1 heterocycles. The zero-order valence-corrected chi connectivity index (χ0v) is 11.6. The van der Waals surface area contributed by atoms with Crippen molar-refractivity contribution in [3.05, 3.63) is 34.9 Å². The van der Waals surface area contributed by atoms with E-state index < -0.39 is 0 Å². The molecule has 1 spiro atoms. The van der Waals surface area contributed by atoms with Gasteiger partial charge < -0.3 is 0 Å². The minimum absolute atomic E-state index is 0.0760. The molecule has 1 amide bonds. The van der Waals surface area contributed by atoms with E-state index in [2.05, 4.69) is 4.99 Å². The van der Waals surface area contributed by atoms with E-state index in [0.717, 1.165) is 41.3 Å². The summed E-state index contributed by atoms with van der Waals surface area (Å²) >= 11 is 7.82. The van der Waals surface area contributed by atoms with Gasteiger partial charge in [-0.05, 0) is 24.5 Å². The fourth-order valence-electron chi connectivity index (χ4n) is 2.65. The number of hydrogen-bond acceptors (Lipinski definition) is 2. The Morgan fingerprint density at radius 2 is 2.00 bits per heavy atom. The quantitative estimate of drug-likeness (QED) is 0.822. The lowest BCUT2D eigenvalue weighted by atomic mass is 10.1. The lowest BCUT2D eigenvalue weighted by Crippen LogP contribution is -2.26. The van der Waals surface area contributed by atoms with Crippen LogP contribution in [-0.4, -0.2) is 15.7 Å². The highest BCUT2D eigenvalue weighted by molar-refractivity contribution is 8.16. The van der Waals surface area contributed by atoms with Crippen molar-refractivity contribution in [3.8, 4) is 0 Å². The van der Waals surface area contributed by atoms with Gasteiger partial charge in [0, 0.05) is 11.4 Å². The van der Waals surface area contributed by atoms with Crippen LogP contribution in [0.15, 0.2) is 29.3 Å². The largest absolute Gasteiger partial charge is 0.271 e. The van der Waals surface area contributed by atoms with Crippen LogP contribution in [0, 0.1) is 0 Å². The number of thioether (sulfide) groups is 1. The van der Waals surface area contributed by atoms with Crippen molar-refractivity contribution < 1.29 is 4.79 Å². The fraction of sp³-hybridized carbons (Fsp3) is 0.429. The Labute approximate surface area is 116 Å². The normalized spacial score (nSPS) is 21.6. The molecule has 4 heteroatoms. The Bertz CT molecular complexity index is 520. The van der Waals surface area contributed by atoms with Crippen molar-refractivity contribution in [2.75, 3.05) is 0 Å². The van der Waals surface area contributed by atoms with Gasteiger partial charge in [-0.25, -0.2) is 4.99 Å². The van der Waals surface area contributed by atoms with E-state index in [1.54, 1.807) is 11.8 Å². The number of carbonyl (C=O) groups excluding carboxylic acids is 1. The number of carbonyl (C=O) groups is 1. The Balaban J connectivity index is 1.78. The van der Waals surface area contributed by atoms with Crippen LogP contribution in [0.4, 0.5) is 0 Å². The minimum Gasteiger partial charge on any atom is -0.271 e. The van der Waals surface area contributed by atoms with Gasteiger partial charge in [0.05, 0.1) is 5.04 Å². The first-order valence-corrected chi connectivity index (χ1v) is 7.43. The van der Waals surface area contributed by atoms with Crippen molar-refractivity contribution in [2.24, 2.45) is 4.99 Å². The van der Waals surface area contributed by atoms with Crippen LogP contribution >= 0.6 is 23.4 Å². The SMILES string of the molecule is O=C1N=C(Cc2ccccc2Cl)SC12CCCC2. The first kappa shape index (κ1) is 12.2. The zero-order valence-electron chi connectivity index (χ0n) is 9.99. The summed E-state index contributed by atoms with van der Waals surface area (Å²) in [6.07, 6.45) is 4.93. The summed E-state index contributed by atoms with van der Waals surface area (Å²) in [5, 5.41) is 1.68. The third-order valence-electron chi connectivity index (χ3n) is 3.64. The first-order chi connectivity index (χ1) is 8.70. The average molecular weight is 280 g/mol. The molecule has 3 rings (SSSR count). The number of aliphatic imine (C=N–C) groups is 1. The second-order valence-corrected chi connectivity index (χ2v) is 6.75. The molecule has 0 bridgehead atoms. The van der Waals surface area contributed by atoms with Gasteiger partial charge in [0.25, 0.3) is 5.91 Å². The number of nitrogens with zero attached hydrogens (tertiary/aromatic N) is 1. The Morgan fingerprint density at radius 1 is 1.28 bits per heavy atom. The lowest BCUT2D eigenvalue weighted by molar-refractivity contribution is -0.119. The van der Waals surface area contributed by atoms with E-state index in [-0.39, 0.29) is 10.7 Å². The van der Waals surface area contributed by atoms with Crippen LogP contribution in [-0.2, 0) is 11.2 Å². The highest BCUT2D eigenvalue weighted by Crippen LogP contribution is 2.47. The summed E-state index contributed by atoms with van der Waals surface area (Å²) in [5.74, 6) is 0.0760. The lowest BCUT2D eigenvalue weighted by Gasteiger charge is -2.17. The summed E-state index contributed by atoms with van der Waals surface area (Å²) in [6.45, 7) is 0. The fourth-order valence-corrected chi connectivity index (χ4v) is 4.29. The number of halogens is 1. The molecular formula is C14H14ClNOS. The maximum absolute atomic E-state index is 12.0. The van der Waals surface area contributed by atoms with Gasteiger partial charge in [0.2, 0.25) is 0 Å². The molecule has 1 aliphatic carbocycles. The molecule has 1 saturated carbocycles. The second-order valence-electron chi connectivity index (χ2n) is 4.88. The smallest absolute Gasteiger partial charge is 0.263 e. The summed E-state index contributed by atoms with van der Waals surface area (Å²) < 4.78 is -0.226. The van der Waals surface area contributed by atoms with E-state index in [4.69, 9.17) is 11.6 Å². The topological polar surface area (TPSA) is 29.4 Å². The number of hydrogen-bond donors (Lipinski definition) is 0. The van der Waals surface area contributed by atoms with Crippen molar-refractivity contribution in [3.63, 3.8) is 0 Å². The third kappa shape index (κ3) is 2.10. The van der Waals surface area contributed by atoms with Crippen molar-refractivity contribution in [2.45, 2.75) is 36.9 Å². The minimum atomic E-state index is -0.226. The maximum Gasteiger partial charge on any atom is 0.263 e. The summed E-state index contributed by atoms with van der Waals surface area (Å²) in [4.78, 5) is 16.3. The number of amides is 1. The van der Waals surface area contributed by atoms with E-state index in [1.807, 2.05) is 24.3 Å². The van der Waals surface area contributed by atoms with Gasteiger partial charge in [-0.3, -0.25) is 4.79 Å². The monoisotopic (exact) mass is 279 g/mol. The van der Waals surface area contributed by atoms with Gasteiger partial charge in [0.15, 0.2) is 0 Å². The molecule has 0 radical (unpaired) electrons. The van der Waals surface area contributed by atoms with Crippen molar-refractivity contribution in [1.29, 1.82) is 0 Å². The van der Waals surface area contributed by atoms with Crippen LogP contribution in [0.1, 0.15) is 31.2 Å². The molecular weight excluding hydrogens is 266 g/mol. The molecule has 0 atom stereocenters. The van der Waals surface area contributed by atoms with Gasteiger partial charge in [-0.2, -0.15) is 0 Å². The molecule has 1 aliphatic heterocycles. The number of rotatable bonds is 2. The predicted octanol–water partition coefficient (Wildman–Crippen LogP) is 3.87. The maximum atomic E-state index is 12.0. The number of benzene rings is 1. The molecule has 94 valence electrons. The molecule has 0 aromatic heterocycles. The Kier molecular flexibility index (Phi) is 3.20. The molecule has 1 aromatic rings. The molecule has 0 N–H and O–H groups in total. The summed E-state index contributed by atoms with van der Waals surface area (Å²) in [6, 6.07) is 7.76. The van der Waals surface area contributed by atoms with Crippen LogP contribution in [0.25, 0.3) is 0 Å². The van der Waals surface area contributed by atoms with Gasteiger partial charge >= 0.3 is 0 Å². The predicted molar refractivity (Wildman–Crippen MR) is 76.4 cm³/mol. The summed E-state index contributed by atoms with van der Waals surface area (Å²) in [7, 11) is 0. The highest BCUT2D eigenvalue weighted by Gasteiger charge is 2.46. The van der Waals surface area contributed by atoms with Crippen LogP contribution in [0.3, 0.4) is 0 Å². The molecule has 2 nitrogen and oxygen atoms in total. The van der Waals surface area contributed by atoms with Gasteiger partial charge in [-0.1, -0.05) is 54.4 Å². The van der Waals surface area contributed by atoms with E-state index >= 15 is 0 Å². The molecule has 2 aliphatic rings. The highest BCUT2D eigenvalue weighted by atomic mass is 35.5. The Hall–Kier alpha value is -0.800. The van der Waals surface area contributed by atoms with Gasteiger partial charge in [0.1, 0.15) is 4.75 Å².